The van der Waals surface area contributed by atoms with Gasteiger partial charge in [0.15, 0.2) is 6.54 Å². The molecule has 0 radical (unpaired) electrons. The van der Waals surface area contributed by atoms with Crippen LogP contribution in [-0.2, 0) is 4.79 Å². The van der Waals surface area contributed by atoms with Gasteiger partial charge in [-0.05, 0) is 52.4 Å². The number of rotatable bonds is 16. The van der Waals surface area contributed by atoms with Gasteiger partial charge in [-0.1, -0.05) is 24.3 Å². The summed E-state index contributed by atoms with van der Waals surface area (Å²) in [4.78, 5) is 11.4. The van der Waals surface area contributed by atoms with Crippen molar-refractivity contribution in [2.45, 2.75) is 64.6 Å². The fourth-order valence-electron chi connectivity index (χ4n) is 3.32. The maximum Gasteiger partial charge on any atom is 0.359 e. The van der Waals surface area contributed by atoms with Gasteiger partial charge in [-0.3, -0.25) is 0 Å². The van der Waals surface area contributed by atoms with Crippen LogP contribution in [0.5, 0.6) is 0 Å². The van der Waals surface area contributed by atoms with Gasteiger partial charge in [0.25, 0.3) is 0 Å². The fraction of sp³-hybridized carbons (Fsp3) is 0.750. The first-order valence-electron chi connectivity index (χ1n) is 9.65. The molecule has 152 valence electrons. The Labute approximate surface area is 158 Å². The number of hydrogen-bond acceptors (Lipinski definition) is 4. The smallest absolute Gasteiger partial charge is 0.359 e. The molecule has 0 spiro atoms. The van der Waals surface area contributed by atoms with Crippen molar-refractivity contribution in [3.63, 3.8) is 0 Å². The molecule has 0 aliphatic heterocycles. The quantitative estimate of drug-likeness (QED) is 0.189. The van der Waals surface area contributed by atoms with E-state index in [0.717, 1.165) is 25.7 Å². The first-order chi connectivity index (χ1) is 12.4. The highest BCUT2D eigenvalue weighted by Crippen LogP contribution is 2.16. The van der Waals surface area contributed by atoms with Crippen LogP contribution in [0.15, 0.2) is 24.3 Å². The zero-order valence-corrected chi connectivity index (χ0v) is 16.4. The molecule has 0 aliphatic rings. The normalized spacial score (nSPS) is 16.8. The Balaban J connectivity index is 4.87. The van der Waals surface area contributed by atoms with E-state index in [1.165, 1.54) is 0 Å². The number of quaternary nitrogens is 1. The van der Waals surface area contributed by atoms with Crippen molar-refractivity contribution in [3.8, 4) is 0 Å². The van der Waals surface area contributed by atoms with E-state index < -0.39 is 18.2 Å². The minimum Gasteiger partial charge on any atom is -0.477 e. The van der Waals surface area contributed by atoms with Gasteiger partial charge in [0.05, 0.1) is 6.61 Å². The highest BCUT2D eigenvalue weighted by atomic mass is 16.4. The number of aliphatic carboxylic acids is 1. The largest absolute Gasteiger partial charge is 0.477 e. The summed E-state index contributed by atoms with van der Waals surface area (Å²) >= 11 is 0. The standard InChI is InChI=1S/C20H37NO5/c1-3-5-7-9-11-18(23)15-21(13-14-22,17-20(25)26)16-19(24)12-10-8-6-4-2/h3-6,18-19,22-24H,7-17H2,1-2H3/p+1/b5-3+,6-4+. The summed E-state index contributed by atoms with van der Waals surface area (Å²) in [5.41, 5.74) is 0. The van der Waals surface area contributed by atoms with Gasteiger partial charge in [-0.15, -0.1) is 0 Å². The molecule has 6 heteroatoms. The first-order valence-corrected chi connectivity index (χ1v) is 9.65. The molecule has 4 N–H and O–H groups in total. The average Bonchev–Trinajstić information content (AvgIpc) is 2.55. The highest BCUT2D eigenvalue weighted by Gasteiger charge is 2.34. The number of hydrogen-bond donors (Lipinski definition) is 4. The molecule has 0 rings (SSSR count). The lowest BCUT2D eigenvalue weighted by molar-refractivity contribution is -0.927. The van der Waals surface area contributed by atoms with Gasteiger partial charge >= 0.3 is 5.97 Å². The molecular formula is C20H38NO5+. The minimum atomic E-state index is -0.985. The van der Waals surface area contributed by atoms with Crippen molar-refractivity contribution < 1.29 is 29.7 Å². The van der Waals surface area contributed by atoms with E-state index in [1.54, 1.807) is 0 Å². The van der Waals surface area contributed by atoms with E-state index in [-0.39, 0.29) is 37.3 Å². The molecule has 0 saturated heterocycles. The number of carboxylic acids is 1. The minimum absolute atomic E-state index is 0.00139. The number of aliphatic hydroxyl groups excluding tert-OH is 3. The maximum absolute atomic E-state index is 11.4. The summed E-state index contributed by atoms with van der Waals surface area (Å²) in [7, 11) is 0. The second-order valence-electron chi connectivity index (χ2n) is 7.01. The third-order valence-corrected chi connectivity index (χ3v) is 4.53. The summed E-state index contributed by atoms with van der Waals surface area (Å²) in [5.74, 6) is -0.985. The van der Waals surface area contributed by atoms with Crippen molar-refractivity contribution in [2.24, 2.45) is 0 Å². The molecule has 0 aromatic rings. The SMILES string of the molecule is C/C=C/CCCC(O)C[N+](CCO)(CC(=O)O)CC(O)CCC/C=C/C. The molecule has 2 unspecified atom stereocenters. The third kappa shape index (κ3) is 12.2. The second kappa shape index (κ2) is 14.9. The number of nitrogens with zero attached hydrogens (tertiary/aromatic N) is 1. The van der Waals surface area contributed by atoms with Crippen molar-refractivity contribution >= 4 is 5.97 Å². The van der Waals surface area contributed by atoms with Crippen LogP contribution in [0.3, 0.4) is 0 Å². The van der Waals surface area contributed by atoms with Gasteiger partial charge in [-0.25, -0.2) is 4.79 Å². The van der Waals surface area contributed by atoms with Gasteiger partial charge in [-0.2, -0.15) is 0 Å². The van der Waals surface area contributed by atoms with Crippen molar-refractivity contribution in [2.75, 3.05) is 32.8 Å². The van der Waals surface area contributed by atoms with Crippen LogP contribution in [0.1, 0.15) is 52.4 Å². The van der Waals surface area contributed by atoms with E-state index in [0.29, 0.717) is 12.8 Å². The molecule has 26 heavy (non-hydrogen) atoms. The number of allylic oxidation sites excluding steroid dienone is 4. The Morgan fingerprint density at radius 3 is 1.77 bits per heavy atom. The van der Waals surface area contributed by atoms with Crippen LogP contribution >= 0.6 is 0 Å². The molecule has 0 bridgehead atoms. The Morgan fingerprint density at radius 2 is 1.42 bits per heavy atom. The van der Waals surface area contributed by atoms with Crippen molar-refractivity contribution in [1.82, 2.24) is 0 Å². The van der Waals surface area contributed by atoms with E-state index in [9.17, 15) is 25.2 Å². The van der Waals surface area contributed by atoms with Crippen LogP contribution in [0, 0.1) is 0 Å². The van der Waals surface area contributed by atoms with Crippen LogP contribution in [-0.4, -0.2) is 75.9 Å². The zero-order valence-electron chi connectivity index (χ0n) is 16.4. The summed E-state index contributed by atoms with van der Waals surface area (Å²) in [6, 6.07) is 0. The molecule has 0 saturated carbocycles. The predicted octanol–water partition coefficient (Wildman–Crippen LogP) is 2.09. The van der Waals surface area contributed by atoms with Gasteiger partial charge in [0.2, 0.25) is 0 Å². The fourth-order valence-corrected chi connectivity index (χ4v) is 3.32. The van der Waals surface area contributed by atoms with Gasteiger partial charge in [0.1, 0.15) is 31.8 Å². The molecule has 0 fully saturated rings. The highest BCUT2D eigenvalue weighted by molar-refractivity contribution is 5.67. The summed E-state index contributed by atoms with van der Waals surface area (Å²) in [6.45, 7) is 4.18. The van der Waals surface area contributed by atoms with Gasteiger partial charge in [0, 0.05) is 0 Å². The van der Waals surface area contributed by atoms with Crippen molar-refractivity contribution in [3.05, 3.63) is 24.3 Å². The zero-order chi connectivity index (χ0) is 19.8. The summed E-state index contributed by atoms with van der Waals surface area (Å²) in [6.07, 6.45) is 11.2. The lowest BCUT2D eigenvalue weighted by Crippen LogP contribution is -2.59. The van der Waals surface area contributed by atoms with Crippen molar-refractivity contribution in [1.29, 1.82) is 0 Å². The topological polar surface area (TPSA) is 98.0 Å². The lowest BCUT2D eigenvalue weighted by Gasteiger charge is -2.39. The summed E-state index contributed by atoms with van der Waals surface area (Å²) in [5, 5.41) is 39.5. The van der Waals surface area contributed by atoms with E-state index in [4.69, 9.17) is 0 Å². The van der Waals surface area contributed by atoms with Crippen LogP contribution in [0.2, 0.25) is 0 Å². The van der Waals surface area contributed by atoms with Crippen LogP contribution < -0.4 is 0 Å². The molecule has 0 heterocycles. The summed E-state index contributed by atoms with van der Waals surface area (Å²) < 4.78 is 0.00139. The van der Waals surface area contributed by atoms with Crippen LogP contribution in [0.25, 0.3) is 0 Å². The van der Waals surface area contributed by atoms with Gasteiger partial charge < -0.3 is 24.9 Å². The van der Waals surface area contributed by atoms with E-state index >= 15 is 0 Å². The molecular weight excluding hydrogens is 334 g/mol. The maximum atomic E-state index is 11.4. The monoisotopic (exact) mass is 372 g/mol. The molecule has 0 aromatic carbocycles. The predicted molar refractivity (Wildman–Crippen MR) is 104 cm³/mol. The van der Waals surface area contributed by atoms with E-state index in [1.807, 2.05) is 38.2 Å². The third-order valence-electron chi connectivity index (χ3n) is 4.53. The average molecular weight is 373 g/mol. The molecule has 0 aromatic heterocycles. The second-order valence-corrected chi connectivity index (χ2v) is 7.01. The Kier molecular flexibility index (Phi) is 14.2. The number of carbonyl (C=O) groups is 1. The number of carboxylic acid groups (broad SMARTS) is 1. The lowest BCUT2D eigenvalue weighted by atomic mass is 10.1. The van der Waals surface area contributed by atoms with Crippen LogP contribution in [0.4, 0.5) is 0 Å². The Hall–Kier alpha value is -1.21. The number of unbranched alkanes of at least 4 members (excludes halogenated alkanes) is 2. The molecule has 6 nitrogen and oxygen atoms in total. The molecule has 0 amide bonds. The Morgan fingerprint density at radius 1 is 0.962 bits per heavy atom. The number of aliphatic hydroxyl groups is 3. The molecule has 0 aliphatic carbocycles. The molecule has 2 atom stereocenters. The Bertz CT molecular complexity index is 396. The first kappa shape index (κ1) is 24.8. The van der Waals surface area contributed by atoms with E-state index in [2.05, 4.69) is 0 Å².